The first-order valence-corrected chi connectivity index (χ1v) is 12.7. The van der Waals surface area contributed by atoms with Gasteiger partial charge in [-0.2, -0.15) is 0 Å². The molecule has 0 fully saturated rings. The third kappa shape index (κ3) is 4.77. The van der Waals surface area contributed by atoms with Gasteiger partial charge in [0.15, 0.2) is 0 Å². The van der Waals surface area contributed by atoms with E-state index in [0.717, 1.165) is 21.9 Å². The third-order valence-corrected chi connectivity index (χ3v) is 6.87. The maximum Gasteiger partial charge on any atom is 0.239 e. The zero-order valence-corrected chi connectivity index (χ0v) is 20.0. The number of rotatable bonds is 6. The van der Waals surface area contributed by atoms with Gasteiger partial charge in [-0.05, 0) is 46.7 Å². The number of nitrogens with one attached hydrogen (secondary N) is 1. The number of benzene rings is 3. The summed E-state index contributed by atoms with van der Waals surface area (Å²) in [6.07, 6.45) is 2.83. The fraction of sp³-hybridized carbons (Fsp3) is 0.0714. The topological polar surface area (TPSA) is 98.0 Å². The minimum absolute atomic E-state index is 0.0515. The number of fused-ring (bicyclic) bond motifs is 1. The van der Waals surface area contributed by atoms with Crippen LogP contribution in [0.4, 0.5) is 5.82 Å². The molecule has 0 saturated carbocycles. The molecule has 0 spiro atoms. The predicted molar refractivity (Wildman–Crippen MR) is 140 cm³/mol. The maximum atomic E-state index is 11.9. The summed E-state index contributed by atoms with van der Waals surface area (Å²) < 4.78 is 23.8. The molecule has 2 heterocycles. The number of nitrogens with two attached hydrogens (primary N) is 1. The lowest BCUT2D eigenvalue weighted by atomic mass is 9.97. The van der Waals surface area contributed by atoms with Gasteiger partial charge >= 0.3 is 0 Å². The highest BCUT2D eigenvalue weighted by molar-refractivity contribution is 7.89. The van der Waals surface area contributed by atoms with Crippen molar-refractivity contribution in [2.24, 2.45) is 5.14 Å². The Morgan fingerprint density at radius 2 is 1.63 bits per heavy atom. The Balaban J connectivity index is 1.69. The average molecular weight is 481 g/mol. The van der Waals surface area contributed by atoms with Gasteiger partial charge in [0.05, 0.1) is 5.69 Å². The summed E-state index contributed by atoms with van der Waals surface area (Å²) in [6.45, 7) is 2.68. The Labute approximate surface area is 204 Å². The van der Waals surface area contributed by atoms with Crippen LogP contribution in [0, 0.1) is 6.92 Å². The molecule has 0 aliphatic rings. The van der Waals surface area contributed by atoms with Gasteiger partial charge in [-0.1, -0.05) is 72.8 Å². The summed E-state index contributed by atoms with van der Waals surface area (Å²) in [4.78, 5) is 8.97. The van der Waals surface area contributed by atoms with Gasteiger partial charge in [0.1, 0.15) is 10.7 Å². The monoisotopic (exact) mass is 480 g/mol. The van der Waals surface area contributed by atoms with E-state index in [0.29, 0.717) is 23.6 Å². The lowest BCUT2D eigenvalue weighted by Gasteiger charge is -2.16. The number of hydrogen-bond donors (Lipinski definition) is 2. The van der Waals surface area contributed by atoms with Crippen LogP contribution in [0.2, 0.25) is 0 Å². The van der Waals surface area contributed by atoms with E-state index in [-0.39, 0.29) is 4.90 Å². The highest BCUT2D eigenvalue weighted by atomic mass is 32.2. The number of aryl methyl sites for hydroxylation is 1. The number of aromatic nitrogens is 2. The Bertz CT molecular complexity index is 1630. The van der Waals surface area contributed by atoms with Gasteiger partial charge in [0, 0.05) is 29.9 Å². The summed E-state index contributed by atoms with van der Waals surface area (Å²) in [5, 5.41) is 10.8. The molecule has 0 saturated heterocycles. The van der Waals surface area contributed by atoms with Crippen molar-refractivity contribution < 1.29 is 8.42 Å². The van der Waals surface area contributed by atoms with Gasteiger partial charge < -0.3 is 5.32 Å². The molecule has 7 heteroatoms. The van der Waals surface area contributed by atoms with Crippen molar-refractivity contribution in [3.63, 3.8) is 0 Å². The van der Waals surface area contributed by atoms with Gasteiger partial charge in [-0.25, -0.2) is 18.5 Å². The van der Waals surface area contributed by atoms with Crippen LogP contribution in [0.5, 0.6) is 0 Å². The molecule has 0 aliphatic heterocycles. The molecule has 0 atom stereocenters. The lowest BCUT2D eigenvalue weighted by Crippen LogP contribution is -2.12. The zero-order valence-electron chi connectivity index (χ0n) is 19.1. The first-order chi connectivity index (χ1) is 16.9. The molecule has 35 heavy (non-hydrogen) atoms. The van der Waals surface area contributed by atoms with Gasteiger partial charge in [-0.15, -0.1) is 0 Å². The number of nitrogens with zero attached hydrogens (tertiary/aromatic N) is 2. The molecule has 0 amide bonds. The summed E-state index contributed by atoms with van der Waals surface area (Å²) in [7, 11) is -3.89. The number of pyridine rings is 2. The molecule has 3 N–H and O–H groups in total. The fourth-order valence-corrected chi connectivity index (χ4v) is 4.65. The molecular weight excluding hydrogens is 456 g/mol. The van der Waals surface area contributed by atoms with Crippen molar-refractivity contribution in [1.29, 1.82) is 0 Å². The van der Waals surface area contributed by atoms with Gasteiger partial charge in [0.2, 0.25) is 10.0 Å². The second kappa shape index (κ2) is 9.29. The first kappa shape index (κ1) is 22.7. The molecule has 2 aromatic heterocycles. The van der Waals surface area contributed by atoms with Crippen molar-refractivity contribution in [3.8, 4) is 22.4 Å². The van der Waals surface area contributed by atoms with E-state index in [1.807, 2.05) is 48.5 Å². The maximum absolute atomic E-state index is 11.9. The highest BCUT2D eigenvalue weighted by Crippen LogP contribution is 2.36. The normalized spacial score (nSPS) is 11.5. The Hall–Kier alpha value is -4.07. The highest BCUT2D eigenvalue weighted by Gasteiger charge is 2.15. The van der Waals surface area contributed by atoms with Crippen LogP contribution in [0.3, 0.4) is 0 Å². The van der Waals surface area contributed by atoms with Crippen LogP contribution in [-0.2, 0) is 16.6 Å². The molecule has 5 aromatic rings. The predicted octanol–water partition coefficient (Wildman–Crippen LogP) is 5.53. The summed E-state index contributed by atoms with van der Waals surface area (Å²) in [5.41, 5.74) is 5.68. The molecular formula is C28H24N4O2S. The zero-order chi connectivity index (χ0) is 24.4. The van der Waals surface area contributed by atoms with Crippen LogP contribution in [0.25, 0.3) is 33.2 Å². The average Bonchev–Trinajstić information content (AvgIpc) is 2.87. The second-order valence-electron chi connectivity index (χ2n) is 8.36. The van der Waals surface area contributed by atoms with Crippen LogP contribution >= 0.6 is 0 Å². The fourth-order valence-electron chi connectivity index (χ4n) is 4.15. The standard InChI is InChI=1S/C28H24N4O2S/c1-19-8-5-6-11-22(19)17-31-28-27-21(12-7-13-25(27)20-9-3-2-4-10-20)15-26(32-28)23-14-24(18-30-16-23)35(29,33)34/h2-16,18H,17H2,1H3,(H,31,32)(H2,29,33,34). The molecule has 0 unspecified atom stereocenters. The lowest BCUT2D eigenvalue weighted by molar-refractivity contribution is 0.597. The largest absolute Gasteiger partial charge is 0.365 e. The van der Waals surface area contributed by atoms with E-state index in [9.17, 15) is 8.42 Å². The minimum atomic E-state index is -3.89. The Kier molecular flexibility index (Phi) is 6.03. The molecule has 0 radical (unpaired) electrons. The summed E-state index contributed by atoms with van der Waals surface area (Å²) >= 11 is 0. The van der Waals surface area contributed by atoms with E-state index in [4.69, 9.17) is 10.1 Å². The van der Waals surface area contributed by atoms with Crippen molar-refractivity contribution in [1.82, 2.24) is 9.97 Å². The number of anilines is 1. The van der Waals surface area contributed by atoms with E-state index >= 15 is 0 Å². The molecule has 174 valence electrons. The number of hydrogen-bond acceptors (Lipinski definition) is 5. The smallest absolute Gasteiger partial charge is 0.239 e. The summed E-state index contributed by atoms with van der Waals surface area (Å²) in [5.74, 6) is 0.709. The van der Waals surface area contributed by atoms with E-state index in [1.165, 1.54) is 23.4 Å². The van der Waals surface area contributed by atoms with E-state index in [2.05, 4.69) is 47.6 Å². The van der Waals surface area contributed by atoms with E-state index in [1.54, 1.807) is 6.20 Å². The molecule has 5 rings (SSSR count). The second-order valence-corrected chi connectivity index (χ2v) is 9.92. The summed E-state index contributed by atoms with van der Waals surface area (Å²) in [6, 6.07) is 28.0. The van der Waals surface area contributed by atoms with Crippen molar-refractivity contribution >= 4 is 26.6 Å². The minimum Gasteiger partial charge on any atom is -0.365 e. The Morgan fingerprint density at radius 1 is 0.857 bits per heavy atom. The molecule has 6 nitrogen and oxygen atoms in total. The Morgan fingerprint density at radius 3 is 2.40 bits per heavy atom. The van der Waals surface area contributed by atoms with Crippen LogP contribution in [0.1, 0.15) is 11.1 Å². The number of sulfonamides is 1. The quantitative estimate of drug-likeness (QED) is 0.333. The van der Waals surface area contributed by atoms with E-state index < -0.39 is 10.0 Å². The van der Waals surface area contributed by atoms with Crippen molar-refractivity contribution in [2.45, 2.75) is 18.4 Å². The molecule has 0 bridgehead atoms. The molecule has 3 aromatic carbocycles. The molecule has 0 aliphatic carbocycles. The van der Waals surface area contributed by atoms with Crippen LogP contribution in [-0.4, -0.2) is 18.4 Å². The van der Waals surface area contributed by atoms with Crippen LogP contribution < -0.4 is 10.5 Å². The SMILES string of the molecule is Cc1ccccc1CNc1nc(-c2cncc(S(N)(=O)=O)c2)cc2cccc(-c3ccccc3)c12. The van der Waals surface area contributed by atoms with Gasteiger partial charge in [-0.3, -0.25) is 4.98 Å². The van der Waals surface area contributed by atoms with Gasteiger partial charge in [0.25, 0.3) is 0 Å². The van der Waals surface area contributed by atoms with Crippen molar-refractivity contribution in [3.05, 3.63) is 108 Å². The van der Waals surface area contributed by atoms with Crippen molar-refractivity contribution in [2.75, 3.05) is 5.32 Å². The number of primary sulfonamides is 1. The third-order valence-electron chi connectivity index (χ3n) is 5.99. The first-order valence-electron chi connectivity index (χ1n) is 11.2. The van der Waals surface area contributed by atoms with Crippen LogP contribution in [0.15, 0.2) is 102 Å².